The van der Waals surface area contributed by atoms with Crippen molar-refractivity contribution in [1.82, 2.24) is 0 Å². The molecule has 1 atom stereocenters. The number of fused-ring (bicyclic) bond motifs is 1. The molecule has 14 heavy (non-hydrogen) atoms. The normalized spacial score (nSPS) is 21.0. The molecule has 0 amide bonds. The highest BCUT2D eigenvalue weighted by molar-refractivity contribution is 9.10. The summed E-state index contributed by atoms with van der Waals surface area (Å²) in [5.41, 5.74) is 4.09. The van der Waals surface area contributed by atoms with Crippen molar-refractivity contribution in [1.29, 1.82) is 0 Å². The number of benzene rings is 1. The Hall–Kier alpha value is -0.0831. The minimum absolute atomic E-state index is 0.941. The van der Waals surface area contributed by atoms with Crippen molar-refractivity contribution in [2.24, 2.45) is 0 Å². The lowest BCUT2D eigenvalue weighted by Gasteiger charge is -2.24. The largest absolute Gasteiger partial charge is 0.0693 e. The van der Waals surface area contributed by atoms with Crippen molar-refractivity contribution in [2.75, 3.05) is 0 Å². The number of halogens is 1. The molecule has 1 aliphatic rings. The van der Waals surface area contributed by atoms with Crippen molar-refractivity contribution in [3.63, 3.8) is 0 Å². The Morgan fingerprint density at radius 1 is 1.21 bits per heavy atom. The van der Waals surface area contributed by atoms with E-state index >= 15 is 0 Å². The predicted octanol–water partition coefficient (Wildman–Crippen LogP) is 4.26. The lowest BCUT2D eigenvalue weighted by atomic mass is 10.1. The lowest BCUT2D eigenvalue weighted by Crippen LogP contribution is -2.28. The van der Waals surface area contributed by atoms with E-state index in [1.54, 1.807) is 11.1 Å². The maximum absolute atomic E-state index is 3.66. The minimum Gasteiger partial charge on any atom is -0.0693 e. The zero-order chi connectivity index (χ0) is 10.3. The summed E-state index contributed by atoms with van der Waals surface area (Å²) in [6.07, 6.45) is 2.61. The number of hydrogen-bond donors (Lipinski definition) is 0. The fourth-order valence-corrected chi connectivity index (χ4v) is 4.44. The molecule has 76 valence electrons. The van der Waals surface area contributed by atoms with Crippen LogP contribution in [0.5, 0.6) is 0 Å². The van der Waals surface area contributed by atoms with Gasteiger partial charge in [0.2, 0.25) is 0 Å². The molecule has 2 rings (SSSR count). The molecular formula is C12H17BrSi. The first kappa shape index (κ1) is 10.4. The first-order chi connectivity index (χ1) is 6.48. The Balaban J connectivity index is 2.31. The molecule has 0 saturated heterocycles. The van der Waals surface area contributed by atoms with E-state index in [4.69, 9.17) is 0 Å². The van der Waals surface area contributed by atoms with Crippen LogP contribution in [0.3, 0.4) is 0 Å². The first-order valence-electron chi connectivity index (χ1n) is 5.25. The summed E-state index contributed by atoms with van der Waals surface area (Å²) in [5, 5.41) is 0. The van der Waals surface area contributed by atoms with Gasteiger partial charge in [0.05, 0.1) is 0 Å². The van der Waals surface area contributed by atoms with Crippen LogP contribution in [0.25, 0.3) is 0 Å². The molecule has 0 fully saturated rings. The maximum Gasteiger partial charge on any atom is 0.0480 e. The summed E-state index contributed by atoms with van der Waals surface area (Å²) in [6.45, 7) is 7.45. The molecule has 0 radical (unpaired) electrons. The van der Waals surface area contributed by atoms with Gasteiger partial charge in [0.15, 0.2) is 0 Å². The van der Waals surface area contributed by atoms with Gasteiger partial charge in [-0.05, 0) is 35.6 Å². The minimum atomic E-state index is -0.966. The van der Waals surface area contributed by atoms with E-state index in [2.05, 4.69) is 53.8 Å². The average Bonchev–Trinajstić information content (AvgIpc) is 2.48. The standard InChI is InChI=1S/C12H17BrSi/c1-14(2,3)10-7-9-5-4-6-12(13)11(9)8-10/h4-6,10H,7-8H2,1-3H3. The second kappa shape index (κ2) is 3.49. The molecule has 0 spiro atoms. The van der Waals surface area contributed by atoms with Crippen molar-refractivity contribution in [3.8, 4) is 0 Å². The third-order valence-corrected chi connectivity index (χ3v) is 6.96. The van der Waals surface area contributed by atoms with E-state index in [0.29, 0.717) is 0 Å². The van der Waals surface area contributed by atoms with Gasteiger partial charge in [-0.25, -0.2) is 0 Å². The highest BCUT2D eigenvalue weighted by Gasteiger charge is 2.32. The molecule has 0 nitrogen and oxygen atoms in total. The molecule has 1 unspecified atom stereocenters. The molecule has 0 bridgehead atoms. The summed E-state index contributed by atoms with van der Waals surface area (Å²) >= 11 is 3.66. The third kappa shape index (κ3) is 1.82. The molecular weight excluding hydrogens is 252 g/mol. The Kier molecular flexibility index (Phi) is 2.60. The molecule has 1 aliphatic carbocycles. The lowest BCUT2D eigenvalue weighted by molar-refractivity contribution is 0.861. The SMILES string of the molecule is C[Si](C)(C)C1Cc2cccc(Br)c2C1. The van der Waals surface area contributed by atoms with Crippen LogP contribution in [0, 0.1) is 0 Å². The third-order valence-electron chi connectivity index (χ3n) is 3.36. The van der Waals surface area contributed by atoms with E-state index in [0.717, 1.165) is 5.54 Å². The van der Waals surface area contributed by atoms with Crippen LogP contribution in [0.15, 0.2) is 22.7 Å². The Labute approximate surface area is 95.9 Å². The van der Waals surface area contributed by atoms with E-state index in [9.17, 15) is 0 Å². The van der Waals surface area contributed by atoms with Crippen LogP contribution in [-0.4, -0.2) is 8.07 Å². The Morgan fingerprint density at radius 3 is 2.50 bits per heavy atom. The topological polar surface area (TPSA) is 0 Å². The Bertz CT molecular complexity index is 352. The van der Waals surface area contributed by atoms with Crippen LogP contribution in [0.2, 0.25) is 25.2 Å². The molecule has 0 aliphatic heterocycles. The van der Waals surface area contributed by atoms with Crippen molar-refractivity contribution in [3.05, 3.63) is 33.8 Å². The quantitative estimate of drug-likeness (QED) is 0.668. The highest BCUT2D eigenvalue weighted by Crippen LogP contribution is 2.40. The van der Waals surface area contributed by atoms with Crippen molar-refractivity contribution < 1.29 is 0 Å². The van der Waals surface area contributed by atoms with Gasteiger partial charge in [-0.2, -0.15) is 0 Å². The van der Waals surface area contributed by atoms with E-state index < -0.39 is 8.07 Å². The van der Waals surface area contributed by atoms with Gasteiger partial charge in [0.1, 0.15) is 0 Å². The van der Waals surface area contributed by atoms with Crippen LogP contribution in [0.1, 0.15) is 11.1 Å². The van der Waals surface area contributed by atoms with Gasteiger partial charge in [0.25, 0.3) is 0 Å². The second-order valence-corrected chi connectivity index (χ2v) is 11.8. The summed E-state index contributed by atoms with van der Waals surface area (Å²) in [4.78, 5) is 0. The van der Waals surface area contributed by atoms with Gasteiger partial charge >= 0.3 is 0 Å². The Morgan fingerprint density at radius 2 is 1.93 bits per heavy atom. The molecule has 0 heterocycles. The fraction of sp³-hybridized carbons (Fsp3) is 0.500. The second-order valence-electron chi connectivity index (χ2n) is 5.35. The van der Waals surface area contributed by atoms with Gasteiger partial charge in [-0.15, -0.1) is 0 Å². The first-order valence-corrected chi connectivity index (χ1v) is 9.62. The molecule has 0 saturated carbocycles. The van der Waals surface area contributed by atoms with Gasteiger partial charge in [-0.1, -0.05) is 47.7 Å². The smallest absolute Gasteiger partial charge is 0.0480 e. The summed E-state index contributed by atoms with van der Waals surface area (Å²) in [6, 6.07) is 6.63. The average molecular weight is 269 g/mol. The summed E-state index contributed by atoms with van der Waals surface area (Å²) in [5.74, 6) is 0. The number of hydrogen-bond acceptors (Lipinski definition) is 0. The molecule has 0 aromatic heterocycles. The van der Waals surface area contributed by atoms with Crippen LogP contribution < -0.4 is 0 Å². The van der Waals surface area contributed by atoms with E-state index in [1.807, 2.05) is 0 Å². The molecule has 0 N–H and O–H groups in total. The van der Waals surface area contributed by atoms with E-state index in [1.165, 1.54) is 17.3 Å². The summed E-state index contributed by atoms with van der Waals surface area (Å²) < 4.78 is 1.32. The van der Waals surface area contributed by atoms with Crippen LogP contribution in [-0.2, 0) is 12.8 Å². The van der Waals surface area contributed by atoms with Crippen molar-refractivity contribution in [2.45, 2.75) is 38.0 Å². The fourth-order valence-electron chi connectivity index (χ4n) is 2.22. The highest BCUT2D eigenvalue weighted by atomic mass is 79.9. The van der Waals surface area contributed by atoms with Crippen LogP contribution in [0.4, 0.5) is 0 Å². The van der Waals surface area contributed by atoms with Crippen LogP contribution >= 0.6 is 15.9 Å². The maximum atomic E-state index is 3.66. The van der Waals surface area contributed by atoms with E-state index in [-0.39, 0.29) is 0 Å². The van der Waals surface area contributed by atoms with Gasteiger partial charge in [0, 0.05) is 12.5 Å². The molecule has 1 aromatic rings. The molecule has 1 aromatic carbocycles. The number of rotatable bonds is 1. The monoisotopic (exact) mass is 268 g/mol. The zero-order valence-electron chi connectivity index (χ0n) is 9.10. The molecule has 2 heteroatoms. The zero-order valence-corrected chi connectivity index (χ0v) is 11.7. The van der Waals surface area contributed by atoms with Gasteiger partial charge < -0.3 is 0 Å². The van der Waals surface area contributed by atoms with Crippen molar-refractivity contribution >= 4 is 24.0 Å². The predicted molar refractivity (Wildman–Crippen MR) is 68.6 cm³/mol. The van der Waals surface area contributed by atoms with Gasteiger partial charge in [-0.3, -0.25) is 0 Å². The summed E-state index contributed by atoms with van der Waals surface area (Å²) in [7, 11) is -0.966.